The Kier molecular flexibility index (Phi) is 7.78. The molecule has 5 nitrogen and oxygen atoms in total. The highest BCUT2D eigenvalue weighted by Gasteiger charge is 2.46. The van der Waals surface area contributed by atoms with Gasteiger partial charge in [-0.3, -0.25) is 9.59 Å². The minimum atomic E-state index is -4.33. The van der Waals surface area contributed by atoms with E-state index in [1.165, 1.54) is 0 Å². The van der Waals surface area contributed by atoms with Gasteiger partial charge in [0.25, 0.3) is 0 Å². The van der Waals surface area contributed by atoms with Crippen molar-refractivity contribution in [3.05, 3.63) is 88.0 Å². The molecule has 0 radical (unpaired) electrons. The summed E-state index contributed by atoms with van der Waals surface area (Å²) >= 11 is 0. The number of rotatable bonds is 9. The van der Waals surface area contributed by atoms with Crippen molar-refractivity contribution < 1.29 is 23.6 Å². The highest BCUT2D eigenvalue weighted by Crippen LogP contribution is 2.54. The van der Waals surface area contributed by atoms with Crippen LogP contribution in [0.3, 0.4) is 0 Å². The molecule has 0 saturated carbocycles. The van der Waals surface area contributed by atoms with E-state index >= 15 is 0 Å². The number of aryl methyl sites for hydroxylation is 2. The second-order valence-corrected chi connectivity index (χ2v) is 10.7. The maximum absolute atomic E-state index is 14.8. The zero-order valence-corrected chi connectivity index (χ0v) is 21.5. The highest BCUT2D eigenvalue weighted by molar-refractivity contribution is 8.01. The van der Waals surface area contributed by atoms with E-state index in [4.69, 9.17) is 9.47 Å². The molecule has 0 saturated heterocycles. The van der Waals surface area contributed by atoms with Crippen molar-refractivity contribution in [2.24, 2.45) is 0 Å². The van der Waals surface area contributed by atoms with Crippen LogP contribution in [-0.2, 0) is 4.57 Å². The normalized spacial score (nSPS) is 12.6. The fraction of sp³-hybridized carbons (Fsp3) is 0.286. The molecule has 0 aliphatic carbocycles. The Morgan fingerprint density at radius 1 is 0.706 bits per heavy atom. The lowest BCUT2D eigenvalue weighted by molar-refractivity contribution is 0.103. The predicted molar refractivity (Wildman–Crippen MR) is 137 cm³/mol. The van der Waals surface area contributed by atoms with E-state index < -0.39 is 18.2 Å². The molecule has 3 aromatic rings. The van der Waals surface area contributed by atoms with Crippen LogP contribution in [0.4, 0.5) is 0 Å². The van der Waals surface area contributed by atoms with Crippen molar-refractivity contribution in [3.63, 3.8) is 0 Å². The van der Waals surface area contributed by atoms with Crippen molar-refractivity contribution in [3.8, 4) is 11.5 Å². The summed E-state index contributed by atoms with van der Waals surface area (Å²) in [4.78, 5) is 28.4. The first kappa shape index (κ1) is 25.5. The zero-order valence-electron chi connectivity index (χ0n) is 20.6. The van der Waals surface area contributed by atoms with Gasteiger partial charge in [-0.1, -0.05) is 42.5 Å². The van der Waals surface area contributed by atoms with E-state index in [0.29, 0.717) is 24.3 Å². The average Bonchev–Trinajstić information content (AvgIpc) is 2.83. The minimum absolute atomic E-state index is 0.0332. The summed E-state index contributed by atoms with van der Waals surface area (Å²) < 4.78 is 26.2. The predicted octanol–water partition coefficient (Wildman–Crippen LogP) is 6.39. The number of benzene rings is 3. The van der Waals surface area contributed by atoms with Gasteiger partial charge >= 0.3 is 0 Å². The molecule has 0 fully saturated rings. The van der Waals surface area contributed by atoms with Gasteiger partial charge in [-0.2, -0.15) is 0 Å². The third-order valence-corrected chi connectivity index (χ3v) is 8.68. The molecule has 0 aliphatic heterocycles. The first-order valence-corrected chi connectivity index (χ1v) is 13.1. The van der Waals surface area contributed by atoms with E-state index in [-0.39, 0.29) is 22.4 Å². The Hall–Kier alpha value is -3.17. The Bertz CT molecular complexity index is 1250. The van der Waals surface area contributed by atoms with Crippen LogP contribution in [0.1, 0.15) is 56.8 Å². The maximum Gasteiger partial charge on any atom is 0.249 e. The Balaban J connectivity index is 2.34. The van der Waals surface area contributed by atoms with Gasteiger partial charge in [-0.15, -0.1) is 0 Å². The summed E-state index contributed by atoms with van der Waals surface area (Å²) in [6.07, 6.45) is 0. The molecule has 3 aromatic carbocycles. The summed E-state index contributed by atoms with van der Waals surface area (Å²) in [5.74, 6) is 0.492. The van der Waals surface area contributed by atoms with Gasteiger partial charge in [0.1, 0.15) is 17.1 Å². The lowest BCUT2D eigenvalue weighted by Crippen LogP contribution is -2.23. The number of hydrogen-bond donors (Lipinski definition) is 0. The molecule has 1 unspecified atom stereocenters. The van der Waals surface area contributed by atoms with E-state index in [9.17, 15) is 14.2 Å². The van der Waals surface area contributed by atoms with Crippen LogP contribution in [0.2, 0.25) is 0 Å². The second kappa shape index (κ2) is 10.4. The molecule has 0 bridgehead atoms. The Labute approximate surface area is 201 Å². The molecular formula is C28H31O5P. The van der Waals surface area contributed by atoms with Gasteiger partial charge < -0.3 is 14.0 Å². The van der Waals surface area contributed by atoms with Gasteiger partial charge in [0.05, 0.1) is 13.2 Å². The quantitative estimate of drug-likeness (QED) is 0.334. The molecule has 0 amide bonds. The SMILES string of the molecule is CCOc1cccc(OCC)c1C(=O)P(=O)(C(=O)c1c(C)cc(C)c(C)c1C)c1ccccc1. The fourth-order valence-corrected chi connectivity index (χ4v) is 6.61. The van der Waals surface area contributed by atoms with Crippen LogP contribution >= 0.6 is 7.14 Å². The number of hydrogen-bond acceptors (Lipinski definition) is 5. The van der Waals surface area contributed by atoms with E-state index in [1.54, 1.807) is 62.4 Å². The number of carbonyl (C=O) groups excluding carboxylic acids is 2. The minimum Gasteiger partial charge on any atom is -0.493 e. The summed E-state index contributed by atoms with van der Waals surface area (Å²) in [6, 6.07) is 15.1. The summed E-state index contributed by atoms with van der Waals surface area (Å²) in [7, 11) is -4.33. The monoisotopic (exact) mass is 478 g/mol. The Morgan fingerprint density at radius 2 is 1.24 bits per heavy atom. The Morgan fingerprint density at radius 3 is 1.76 bits per heavy atom. The maximum atomic E-state index is 14.8. The van der Waals surface area contributed by atoms with Crippen molar-refractivity contribution in [1.29, 1.82) is 0 Å². The average molecular weight is 479 g/mol. The van der Waals surface area contributed by atoms with Gasteiger partial charge in [-0.05, 0) is 75.9 Å². The van der Waals surface area contributed by atoms with Gasteiger partial charge in [-0.25, -0.2) is 0 Å². The highest BCUT2D eigenvalue weighted by atomic mass is 31.2. The summed E-state index contributed by atoms with van der Waals surface area (Å²) in [6.45, 7) is 11.7. The van der Waals surface area contributed by atoms with Crippen molar-refractivity contribution >= 4 is 23.5 Å². The molecule has 0 aliphatic rings. The van der Waals surface area contributed by atoms with Crippen molar-refractivity contribution in [2.75, 3.05) is 13.2 Å². The second-order valence-electron chi connectivity index (χ2n) is 8.19. The molecule has 0 heterocycles. The fourth-order valence-electron chi connectivity index (χ4n) is 4.17. The topological polar surface area (TPSA) is 69.7 Å². The molecule has 0 spiro atoms. The van der Waals surface area contributed by atoms with Crippen LogP contribution in [-0.4, -0.2) is 24.3 Å². The number of ether oxygens (including phenoxy) is 2. The zero-order chi connectivity index (χ0) is 25.0. The molecule has 34 heavy (non-hydrogen) atoms. The van der Waals surface area contributed by atoms with Crippen molar-refractivity contribution in [1.82, 2.24) is 0 Å². The lowest BCUT2D eigenvalue weighted by Gasteiger charge is -2.22. The number of carbonyl (C=O) groups is 2. The van der Waals surface area contributed by atoms with Gasteiger partial charge in [0.15, 0.2) is 0 Å². The standard InChI is InChI=1S/C28H31O5P/c1-7-32-23-15-12-16-24(33-8-2)26(23)28(30)34(31,22-13-10-9-11-14-22)27(29)25-19(4)17-18(3)20(5)21(25)6/h9-17H,7-8H2,1-6H3. The third kappa shape index (κ3) is 4.45. The smallest absolute Gasteiger partial charge is 0.249 e. The lowest BCUT2D eigenvalue weighted by atomic mass is 9.95. The molecule has 0 N–H and O–H groups in total. The van der Waals surface area contributed by atoms with Crippen LogP contribution < -0.4 is 14.8 Å². The van der Waals surface area contributed by atoms with E-state index in [1.807, 2.05) is 33.8 Å². The van der Waals surface area contributed by atoms with Crippen LogP contribution in [0, 0.1) is 27.7 Å². The van der Waals surface area contributed by atoms with Gasteiger partial charge in [0, 0.05) is 10.9 Å². The third-order valence-electron chi connectivity index (χ3n) is 6.06. The molecule has 6 heteroatoms. The van der Waals surface area contributed by atoms with Crippen LogP contribution in [0.5, 0.6) is 11.5 Å². The molecule has 1 atom stereocenters. The first-order chi connectivity index (χ1) is 16.2. The largest absolute Gasteiger partial charge is 0.493 e. The van der Waals surface area contributed by atoms with Gasteiger partial charge in [0.2, 0.25) is 18.2 Å². The first-order valence-electron chi connectivity index (χ1n) is 11.4. The molecule has 3 rings (SSSR count). The summed E-state index contributed by atoms with van der Waals surface area (Å²) in [5, 5.41) is 0.191. The van der Waals surface area contributed by atoms with Crippen molar-refractivity contribution in [2.45, 2.75) is 41.5 Å². The molecular weight excluding hydrogens is 447 g/mol. The van der Waals surface area contributed by atoms with Crippen LogP contribution in [0.25, 0.3) is 0 Å². The molecule has 178 valence electrons. The van der Waals surface area contributed by atoms with E-state index in [2.05, 4.69) is 0 Å². The summed E-state index contributed by atoms with van der Waals surface area (Å²) in [5.41, 5.74) is 2.30. The van der Waals surface area contributed by atoms with E-state index in [0.717, 1.165) is 16.7 Å². The molecule has 0 aromatic heterocycles. The van der Waals surface area contributed by atoms with Crippen LogP contribution in [0.15, 0.2) is 54.6 Å².